The van der Waals surface area contributed by atoms with Gasteiger partial charge in [-0.2, -0.15) is 0 Å². The highest BCUT2D eigenvalue weighted by Crippen LogP contribution is 2.32. The van der Waals surface area contributed by atoms with Crippen LogP contribution in [0.1, 0.15) is 9.80 Å². The monoisotopic (exact) mass is 227 g/mol. The number of rotatable bonds is 2. The molecule has 0 unspecified atom stereocenters. The van der Waals surface area contributed by atoms with E-state index in [0.717, 1.165) is 16.5 Å². The van der Waals surface area contributed by atoms with Crippen LogP contribution in [-0.4, -0.2) is 18.4 Å². The maximum atomic E-state index is 10.5. The summed E-state index contributed by atoms with van der Waals surface area (Å²) in [5.41, 5.74) is 0.725. The molecule has 0 spiro atoms. The maximum Gasteiger partial charge on any atom is 0.178 e. The molecule has 0 atom stereocenters. The number of hydrogen-bond acceptors (Lipinski definition) is 4. The molecule has 1 aromatic carbocycles. The molecule has 2 rings (SSSR count). The first-order valence-electron chi connectivity index (χ1n) is 3.84. The van der Waals surface area contributed by atoms with Crippen molar-refractivity contribution in [1.29, 1.82) is 0 Å². The van der Waals surface area contributed by atoms with Crippen molar-refractivity contribution in [3.8, 4) is 5.75 Å². The second-order valence-electron chi connectivity index (χ2n) is 2.62. The standard InChI is InChI=1S/C9H6ClNO2S/c1-13-7-3-8-6(2-5(7)10)11-9(4-12)14-8/h2-4H,1H3. The van der Waals surface area contributed by atoms with Crippen LogP contribution in [0.15, 0.2) is 12.1 Å². The third kappa shape index (κ3) is 1.47. The summed E-state index contributed by atoms with van der Waals surface area (Å²) in [6.45, 7) is 0. The van der Waals surface area contributed by atoms with E-state index in [1.54, 1.807) is 19.2 Å². The molecule has 5 heteroatoms. The van der Waals surface area contributed by atoms with Crippen LogP contribution in [0, 0.1) is 0 Å². The molecule has 0 aliphatic rings. The van der Waals surface area contributed by atoms with Crippen LogP contribution in [0.2, 0.25) is 5.02 Å². The molecule has 0 aliphatic heterocycles. The molecule has 0 saturated heterocycles. The number of ether oxygens (including phenoxy) is 1. The Morgan fingerprint density at radius 2 is 2.36 bits per heavy atom. The molecule has 1 heterocycles. The highest BCUT2D eigenvalue weighted by Gasteiger charge is 2.07. The van der Waals surface area contributed by atoms with E-state index in [2.05, 4.69) is 4.98 Å². The zero-order valence-corrected chi connectivity index (χ0v) is 8.85. The van der Waals surface area contributed by atoms with E-state index in [1.165, 1.54) is 11.3 Å². The number of methoxy groups -OCH3 is 1. The van der Waals surface area contributed by atoms with Crippen LogP contribution in [-0.2, 0) is 0 Å². The van der Waals surface area contributed by atoms with Crippen molar-refractivity contribution in [2.24, 2.45) is 0 Å². The number of carbonyl (C=O) groups is 1. The third-order valence-electron chi connectivity index (χ3n) is 1.78. The number of halogens is 1. The highest BCUT2D eigenvalue weighted by molar-refractivity contribution is 7.20. The molecule has 0 bridgehead atoms. The Labute approximate surface area is 89.3 Å². The minimum Gasteiger partial charge on any atom is -0.495 e. The van der Waals surface area contributed by atoms with Gasteiger partial charge in [0.15, 0.2) is 11.3 Å². The summed E-state index contributed by atoms with van der Waals surface area (Å²) in [5, 5.41) is 0.951. The molecule has 0 radical (unpaired) electrons. The Morgan fingerprint density at radius 1 is 1.57 bits per heavy atom. The fraction of sp³-hybridized carbons (Fsp3) is 0.111. The van der Waals surface area contributed by atoms with Gasteiger partial charge >= 0.3 is 0 Å². The molecular formula is C9H6ClNO2S. The predicted molar refractivity (Wildman–Crippen MR) is 56.6 cm³/mol. The van der Waals surface area contributed by atoms with Crippen molar-refractivity contribution in [3.05, 3.63) is 22.2 Å². The Kier molecular flexibility index (Phi) is 2.39. The van der Waals surface area contributed by atoms with Crippen molar-refractivity contribution >= 4 is 39.4 Å². The summed E-state index contributed by atoms with van der Waals surface area (Å²) in [6.07, 6.45) is 0.727. The van der Waals surface area contributed by atoms with Crippen LogP contribution in [0.25, 0.3) is 10.2 Å². The van der Waals surface area contributed by atoms with E-state index in [9.17, 15) is 4.79 Å². The smallest absolute Gasteiger partial charge is 0.178 e. The summed E-state index contributed by atoms with van der Waals surface area (Å²) < 4.78 is 5.95. The molecule has 2 aromatic rings. The lowest BCUT2D eigenvalue weighted by Crippen LogP contribution is -1.83. The Balaban J connectivity index is 2.69. The Bertz CT molecular complexity index is 495. The summed E-state index contributed by atoms with van der Waals surface area (Å²) in [4.78, 5) is 14.6. The van der Waals surface area contributed by atoms with E-state index in [0.29, 0.717) is 15.8 Å². The SMILES string of the molecule is COc1cc2sc(C=O)nc2cc1Cl. The van der Waals surface area contributed by atoms with Crippen molar-refractivity contribution in [2.45, 2.75) is 0 Å². The number of carbonyl (C=O) groups excluding carboxylic acids is 1. The van der Waals surface area contributed by atoms with Crippen LogP contribution in [0.5, 0.6) is 5.75 Å². The van der Waals surface area contributed by atoms with Gasteiger partial charge in [0.25, 0.3) is 0 Å². The number of nitrogens with zero attached hydrogens (tertiary/aromatic N) is 1. The number of thiazole rings is 1. The lowest BCUT2D eigenvalue weighted by atomic mass is 10.3. The predicted octanol–water partition coefficient (Wildman–Crippen LogP) is 2.77. The molecule has 0 saturated carbocycles. The van der Waals surface area contributed by atoms with Gasteiger partial charge in [-0.1, -0.05) is 11.6 Å². The van der Waals surface area contributed by atoms with Gasteiger partial charge in [-0.05, 0) is 6.07 Å². The Hall–Kier alpha value is -1.13. The summed E-state index contributed by atoms with van der Waals surface area (Å²) in [6, 6.07) is 3.47. The zero-order valence-electron chi connectivity index (χ0n) is 7.28. The van der Waals surface area contributed by atoms with E-state index < -0.39 is 0 Å². The average molecular weight is 228 g/mol. The number of benzene rings is 1. The van der Waals surface area contributed by atoms with Gasteiger partial charge in [0.05, 0.1) is 22.3 Å². The average Bonchev–Trinajstić information content (AvgIpc) is 2.58. The number of aldehydes is 1. The summed E-state index contributed by atoms with van der Waals surface area (Å²) in [5.74, 6) is 0.597. The van der Waals surface area contributed by atoms with Gasteiger partial charge in [0.1, 0.15) is 5.75 Å². The fourth-order valence-corrected chi connectivity index (χ4v) is 2.18. The van der Waals surface area contributed by atoms with Crippen molar-refractivity contribution in [2.75, 3.05) is 7.11 Å². The van der Waals surface area contributed by atoms with E-state index in [1.807, 2.05) is 0 Å². The van der Waals surface area contributed by atoms with Crippen molar-refractivity contribution < 1.29 is 9.53 Å². The summed E-state index contributed by atoms with van der Waals surface area (Å²) in [7, 11) is 1.55. The number of fused-ring (bicyclic) bond motifs is 1. The van der Waals surface area contributed by atoms with Gasteiger partial charge < -0.3 is 4.74 Å². The fourth-order valence-electron chi connectivity index (χ4n) is 1.15. The highest BCUT2D eigenvalue weighted by atomic mass is 35.5. The molecular weight excluding hydrogens is 222 g/mol. The topological polar surface area (TPSA) is 39.2 Å². The molecule has 0 fully saturated rings. The molecule has 1 aromatic heterocycles. The molecule has 14 heavy (non-hydrogen) atoms. The van der Waals surface area contributed by atoms with E-state index in [4.69, 9.17) is 16.3 Å². The minimum atomic E-state index is 0.448. The van der Waals surface area contributed by atoms with Crippen LogP contribution in [0.3, 0.4) is 0 Å². The van der Waals surface area contributed by atoms with E-state index in [-0.39, 0.29) is 0 Å². The second kappa shape index (κ2) is 3.55. The lowest BCUT2D eigenvalue weighted by Gasteiger charge is -2.00. The van der Waals surface area contributed by atoms with Gasteiger partial charge in [-0.15, -0.1) is 11.3 Å². The lowest BCUT2D eigenvalue weighted by molar-refractivity contribution is 0.112. The van der Waals surface area contributed by atoms with Gasteiger partial charge in [0, 0.05) is 6.07 Å². The summed E-state index contributed by atoms with van der Waals surface area (Å²) >= 11 is 7.22. The largest absolute Gasteiger partial charge is 0.495 e. The number of hydrogen-bond donors (Lipinski definition) is 0. The van der Waals surface area contributed by atoms with Crippen LogP contribution in [0.4, 0.5) is 0 Å². The van der Waals surface area contributed by atoms with Gasteiger partial charge in [0.2, 0.25) is 0 Å². The van der Waals surface area contributed by atoms with Crippen LogP contribution >= 0.6 is 22.9 Å². The molecule has 0 amide bonds. The molecule has 0 N–H and O–H groups in total. The van der Waals surface area contributed by atoms with Crippen molar-refractivity contribution in [1.82, 2.24) is 4.98 Å². The third-order valence-corrected chi connectivity index (χ3v) is 3.02. The van der Waals surface area contributed by atoms with Crippen LogP contribution < -0.4 is 4.74 Å². The van der Waals surface area contributed by atoms with Crippen molar-refractivity contribution in [3.63, 3.8) is 0 Å². The number of aromatic nitrogens is 1. The Morgan fingerprint density at radius 3 is 3.00 bits per heavy atom. The first kappa shape index (κ1) is 9.43. The van der Waals surface area contributed by atoms with Gasteiger partial charge in [-0.25, -0.2) is 4.98 Å². The quantitative estimate of drug-likeness (QED) is 0.741. The molecule has 72 valence electrons. The molecule has 3 nitrogen and oxygen atoms in total. The maximum absolute atomic E-state index is 10.5. The first-order chi connectivity index (χ1) is 6.74. The zero-order chi connectivity index (χ0) is 10.1. The first-order valence-corrected chi connectivity index (χ1v) is 5.03. The van der Waals surface area contributed by atoms with E-state index >= 15 is 0 Å². The second-order valence-corrected chi connectivity index (χ2v) is 4.09. The molecule has 0 aliphatic carbocycles. The van der Waals surface area contributed by atoms with Gasteiger partial charge in [-0.3, -0.25) is 4.79 Å². The minimum absolute atomic E-state index is 0.448. The normalized spacial score (nSPS) is 10.4.